The van der Waals surface area contributed by atoms with Crippen LogP contribution in [0.15, 0.2) is 97.6 Å². The molecule has 3 aromatic rings. The number of hydrogen-bond acceptors (Lipinski definition) is 8. The van der Waals surface area contributed by atoms with Crippen molar-refractivity contribution in [3.63, 3.8) is 0 Å². The number of alkyl halides is 2. The van der Waals surface area contributed by atoms with E-state index in [1.807, 2.05) is 6.79 Å². The van der Waals surface area contributed by atoms with Gasteiger partial charge >= 0.3 is 17.9 Å². The summed E-state index contributed by atoms with van der Waals surface area (Å²) in [6.07, 6.45) is -2.94. The van der Waals surface area contributed by atoms with E-state index in [4.69, 9.17) is 24.1 Å². The fourth-order valence-electron chi connectivity index (χ4n) is 3.71. The Kier molecular flexibility index (Phi) is 14.9. The number of carbonyl (C=O) groups excluding carboxylic acids is 4. The third-order valence-corrected chi connectivity index (χ3v) is 5.98. The molecule has 242 valence electrons. The molecular weight excluding hydrogens is 598 g/mol. The number of allylic oxidation sites excluding steroid dienone is 1. The summed E-state index contributed by atoms with van der Waals surface area (Å²) in [7, 11) is 1.00. The molecule has 0 unspecified atom stereocenters. The molecule has 0 heterocycles. The number of halogens is 2. The van der Waals surface area contributed by atoms with Crippen molar-refractivity contribution >= 4 is 30.3 Å². The first-order valence-corrected chi connectivity index (χ1v) is 13.4. The first-order valence-electron chi connectivity index (χ1n) is 13.4. The van der Waals surface area contributed by atoms with Gasteiger partial charge in [0.1, 0.15) is 24.0 Å². The van der Waals surface area contributed by atoms with E-state index >= 15 is 0 Å². The molecule has 0 saturated heterocycles. The summed E-state index contributed by atoms with van der Waals surface area (Å²) in [6.45, 7) is 22.8. The molecule has 0 fully saturated rings. The molecule has 0 saturated carbocycles. The number of aliphatic hydroxyl groups excluding tert-OH is 1. The molecule has 3 aromatic carbocycles. The average molecular weight is 635 g/mol. The Morgan fingerprint density at radius 2 is 1.09 bits per heavy atom. The molecule has 46 heavy (non-hydrogen) atoms. The van der Waals surface area contributed by atoms with E-state index in [2.05, 4.69) is 26.3 Å². The van der Waals surface area contributed by atoms with Crippen LogP contribution in [0.4, 0.5) is 8.78 Å². The Bertz CT molecular complexity index is 1670. The third-order valence-electron chi connectivity index (χ3n) is 5.98. The zero-order valence-electron chi connectivity index (χ0n) is 26.4. The molecule has 0 aliphatic heterocycles. The van der Waals surface area contributed by atoms with E-state index in [0.717, 1.165) is 7.11 Å². The Balaban J connectivity index is 0.00000254. The zero-order valence-corrected chi connectivity index (χ0v) is 26.4. The lowest BCUT2D eigenvalue weighted by molar-refractivity contribution is -0.131. The highest BCUT2D eigenvalue weighted by Crippen LogP contribution is 2.42. The Morgan fingerprint density at radius 1 is 0.630 bits per heavy atom. The standard InChI is InChI=1S/C34H30F2O6.CH4O.CH2O/c1-18(2)22-9-12-25(29(16-22)41-33(38)20(5)6)23-10-13-26(28(15-23)31(35)36)27-14-11-24(40-32(37)19(3)4)17-30(27)42-34(39)21(7)8;2*1-2/h9-17,31H,1,3,5,7H2,2,4,6,8H3;2H,1H3;1H2. The van der Waals surface area contributed by atoms with E-state index in [0.29, 0.717) is 22.3 Å². The van der Waals surface area contributed by atoms with Gasteiger partial charge < -0.3 is 24.1 Å². The molecule has 10 heteroatoms. The summed E-state index contributed by atoms with van der Waals surface area (Å²) in [5, 5.41) is 7.00. The van der Waals surface area contributed by atoms with Crippen LogP contribution in [-0.2, 0) is 19.2 Å². The van der Waals surface area contributed by atoms with Crippen molar-refractivity contribution in [2.45, 2.75) is 34.1 Å². The maximum atomic E-state index is 14.5. The minimum absolute atomic E-state index is 0.0213. The van der Waals surface area contributed by atoms with Gasteiger partial charge in [0, 0.05) is 46.6 Å². The lowest BCUT2D eigenvalue weighted by Crippen LogP contribution is -2.11. The minimum atomic E-state index is -2.94. The smallest absolute Gasteiger partial charge is 0.338 e. The van der Waals surface area contributed by atoms with Crippen LogP contribution >= 0.6 is 0 Å². The molecule has 0 aromatic heterocycles. The lowest BCUT2D eigenvalue weighted by Gasteiger charge is -2.17. The topological polar surface area (TPSA) is 116 Å². The highest BCUT2D eigenvalue weighted by atomic mass is 19.3. The average Bonchev–Trinajstić information content (AvgIpc) is 3.02. The number of hydrogen-bond donors (Lipinski definition) is 1. The predicted octanol–water partition coefficient (Wildman–Crippen LogP) is 7.86. The molecule has 0 aliphatic carbocycles. The molecule has 0 amide bonds. The summed E-state index contributed by atoms with van der Waals surface area (Å²) in [6, 6.07) is 13.3. The maximum absolute atomic E-state index is 14.5. The van der Waals surface area contributed by atoms with Gasteiger partial charge in [0.25, 0.3) is 6.43 Å². The van der Waals surface area contributed by atoms with Crippen LogP contribution < -0.4 is 14.2 Å². The van der Waals surface area contributed by atoms with Crippen LogP contribution in [0.5, 0.6) is 17.2 Å². The quantitative estimate of drug-likeness (QED) is 0.136. The van der Waals surface area contributed by atoms with Gasteiger partial charge in [-0.25, -0.2) is 23.2 Å². The van der Waals surface area contributed by atoms with Gasteiger partial charge in [-0.3, -0.25) is 0 Å². The molecule has 0 aliphatic rings. The van der Waals surface area contributed by atoms with E-state index in [1.54, 1.807) is 31.2 Å². The van der Waals surface area contributed by atoms with Crippen molar-refractivity contribution in [2.75, 3.05) is 7.11 Å². The van der Waals surface area contributed by atoms with E-state index in [1.165, 1.54) is 51.1 Å². The van der Waals surface area contributed by atoms with Crippen molar-refractivity contribution < 1.29 is 47.3 Å². The first-order chi connectivity index (χ1) is 21.7. The molecule has 0 atom stereocenters. The van der Waals surface area contributed by atoms with Crippen LogP contribution in [0.1, 0.15) is 45.2 Å². The third kappa shape index (κ3) is 10.0. The number of carbonyl (C=O) groups is 4. The molecule has 0 spiro atoms. The second kappa shape index (κ2) is 17.7. The summed E-state index contributed by atoms with van der Waals surface area (Å²) in [5.74, 6) is -2.12. The second-order valence-corrected chi connectivity index (χ2v) is 9.76. The van der Waals surface area contributed by atoms with Gasteiger partial charge in [0.05, 0.1) is 0 Å². The number of rotatable bonds is 10. The summed E-state index contributed by atoms with van der Waals surface area (Å²) < 4.78 is 45.3. The van der Waals surface area contributed by atoms with Crippen molar-refractivity contribution in [2.24, 2.45) is 0 Å². The van der Waals surface area contributed by atoms with Gasteiger partial charge in [-0.05, 0) is 68.7 Å². The van der Waals surface area contributed by atoms with E-state index < -0.39 is 24.3 Å². The maximum Gasteiger partial charge on any atom is 0.338 e. The van der Waals surface area contributed by atoms with E-state index in [-0.39, 0.29) is 50.7 Å². The monoisotopic (exact) mass is 634 g/mol. The molecule has 0 bridgehead atoms. The van der Waals surface area contributed by atoms with Gasteiger partial charge in [-0.2, -0.15) is 0 Å². The Hall–Kier alpha value is -5.48. The summed E-state index contributed by atoms with van der Waals surface area (Å²) >= 11 is 0. The fraction of sp³-hybridized carbons (Fsp3) is 0.167. The van der Waals surface area contributed by atoms with Gasteiger partial charge in [-0.1, -0.05) is 56.2 Å². The van der Waals surface area contributed by atoms with Crippen molar-refractivity contribution in [1.29, 1.82) is 0 Å². The zero-order chi connectivity index (χ0) is 35.3. The van der Waals surface area contributed by atoms with Crippen LogP contribution in [0.2, 0.25) is 0 Å². The van der Waals surface area contributed by atoms with Crippen molar-refractivity contribution in [3.8, 4) is 39.5 Å². The second-order valence-electron chi connectivity index (χ2n) is 9.76. The highest BCUT2D eigenvalue weighted by molar-refractivity contribution is 5.93. The molecule has 8 nitrogen and oxygen atoms in total. The fourth-order valence-corrected chi connectivity index (χ4v) is 3.71. The molecule has 0 radical (unpaired) electrons. The van der Waals surface area contributed by atoms with Gasteiger partial charge in [-0.15, -0.1) is 0 Å². The van der Waals surface area contributed by atoms with Crippen LogP contribution in [-0.4, -0.2) is 36.9 Å². The van der Waals surface area contributed by atoms with Crippen LogP contribution in [0.25, 0.3) is 27.8 Å². The predicted molar refractivity (Wildman–Crippen MR) is 174 cm³/mol. The van der Waals surface area contributed by atoms with Crippen LogP contribution in [0.3, 0.4) is 0 Å². The minimum Gasteiger partial charge on any atom is -0.423 e. The number of aliphatic hydroxyl groups is 1. The van der Waals surface area contributed by atoms with Gasteiger partial charge in [0.2, 0.25) is 0 Å². The van der Waals surface area contributed by atoms with Crippen molar-refractivity contribution in [1.82, 2.24) is 0 Å². The van der Waals surface area contributed by atoms with Gasteiger partial charge in [0.15, 0.2) is 0 Å². The normalized spacial score (nSPS) is 9.85. The summed E-state index contributed by atoms with van der Waals surface area (Å²) in [5.41, 5.74) is 2.36. The Morgan fingerprint density at radius 3 is 1.57 bits per heavy atom. The SMILES string of the molecule is C=C(C)C(=O)Oc1ccc(-c2ccc(-c3ccc(C(=C)C)cc3OC(=O)C(=C)C)cc2C(F)F)c(OC(=O)C(=C)C)c1.C=O.CO. The first kappa shape index (κ1) is 38.5. The summed E-state index contributed by atoms with van der Waals surface area (Å²) in [4.78, 5) is 44.8. The number of benzene rings is 3. The number of esters is 3. The van der Waals surface area contributed by atoms with Crippen molar-refractivity contribution in [3.05, 3.63) is 109 Å². The Labute approximate surface area is 266 Å². The largest absolute Gasteiger partial charge is 0.423 e. The lowest BCUT2D eigenvalue weighted by atomic mass is 9.93. The molecular formula is C36H36F2O8. The molecule has 3 rings (SSSR count). The van der Waals surface area contributed by atoms with E-state index in [9.17, 15) is 23.2 Å². The number of ether oxygens (including phenoxy) is 3. The molecule has 1 N–H and O–H groups in total. The highest BCUT2D eigenvalue weighted by Gasteiger charge is 2.22. The van der Waals surface area contributed by atoms with Crippen LogP contribution in [0, 0.1) is 0 Å².